The first kappa shape index (κ1) is 15.4. The van der Waals surface area contributed by atoms with Gasteiger partial charge in [-0.2, -0.15) is 0 Å². The van der Waals surface area contributed by atoms with Crippen LogP contribution in [0.2, 0.25) is 0 Å². The summed E-state index contributed by atoms with van der Waals surface area (Å²) in [6, 6.07) is 0.188. The first-order valence-electron chi connectivity index (χ1n) is 7.22. The minimum absolute atomic E-state index is 0.0967. The molecule has 0 bridgehead atoms. The van der Waals surface area contributed by atoms with Crippen LogP contribution in [0.3, 0.4) is 0 Å². The number of piperidine rings is 1. The van der Waals surface area contributed by atoms with E-state index in [4.69, 9.17) is 0 Å². The molecular weight excluding hydrogens is 228 g/mol. The van der Waals surface area contributed by atoms with Gasteiger partial charge in [-0.05, 0) is 32.1 Å². The maximum atomic E-state index is 12.1. The van der Waals surface area contributed by atoms with Gasteiger partial charge in [0.1, 0.15) is 0 Å². The zero-order chi connectivity index (χ0) is 13.7. The molecule has 0 saturated carbocycles. The maximum Gasteiger partial charge on any atom is 0.237 e. The molecule has 1 rings (SSSR count). The number of aliphatic hydroxyl groups excluding tert-OH is 1. The van der Waals surface area contributed by atoms with Crippen LogP contribution in [0.4, 0.5) is 0 Å². The van der Waals surface area contributed by atoms with E-state index in [0.717, 1.165) is 32.4 Å². The highest BCUT2D eigenvalue weighted by molar-refractivity contribution is 5.81. The Bertz CT molecular complexity index is 267. The minimum atomic E-state index is -0.212. The Morgan fingerprint density at radius 1 is 1.44 bits per heavy atom. The quantitative estimate of drug-likeness (QED) is 0.781. The van der Waals surface area contributed by atoms with Crippen molar-refractivity contribution in [3.63, 3.8) is 0 Å². The lowest BCUT2D eigenvalue weighted by atomic mass is 9.95. The fraction of sp³-hybridized carbons (Fsp3) is 0.929. The summed E-state index contributed by atoms with van der Waals surface area (Å²) in [5.74, 6) is 0.370. The maximum absolute atomic E-state index is 12.1. The van der Waals surface area contributed by atoms with Gasteiger partial charge in [-0.3, -0.25) is 9.69 Å². The molecule has 1 amide bonds. The molecule has 106 valence electrons. The highest BCUT2D eigenvalue weighted by Crippen LogP contribution is 2.18. The number of aliphatic hydroxyl groups is 1. The van der Waals surface area contributed by atoms with Crippen LogP contribution in [-0.4, -0.2) is 47.2 Å². The lowest BCUT2D eigenvalue weighted by Crippen LogP contribution is -2.53. The fourth-order valence-electron chi connectivity index (χ4n) is 2.50. The molecule has 2 N–H and O–H groups in total. The zero-order valence-electron chi connectivity index (χ0n) is 12.1. The van der Waals surface area contributed by atoms with Gasteiger partial charge in [-0.25, -0.2) is 0 Å². The number of carbonyl (C=O) groups is 1. The van der Waals surface area contributed by atoms with Crippen molar-refractivity contribution in [1.82, 2.24) is 10.2 Å². The number of rotatable bonds is 5. The van der Waals surface area contributed by atoms with Crippen LogP contribution in [0.1, 0.15) is 47.0 Å². The fourth-order valence-corrected chi connectivity index (χ4v) is 2.50. The number of amides is 1. The van der Waals surface area contributed by atoms with Crippen LogP contribution in [-0.2, 0) is 4.79 Å². The normalized spacial score (nSPS) is 27.2. The summed E-state index contributed by atoms with van der Waals surface area (Å²) in [6.07, 6.45) is 2.51. The first-order chi connectivity index (χ1) is 8.49. The first-order valence-corrected chi connectivity index (χ1v) is 7.22. The second kappa shape index (κ2) is 7.10. The van der Waals surface area contributed by atoms with Gasteiger partial charge in [-0.15, -0.1) is 0 Å². The Morgan fingerprint density at radius 2 is 2.06 bits per heavy atom. The van der Waals surface area contributed by atoms with E-state index in [0.29, 0.717) is 0 Å². The van der Waals surface area contributed by atoms with Crippen LogP contribution in [0.15, 0.2) is 0 Å². The standard InChI is InChI=1S/C14H28N2O2/c1-5-12(6-2)15-14(18)11(4)16-8-7-13(17)10(3)9-16/h10-13,17H,5-9H2,1-4H3,(H,15,18). The van der Waals surface area contributed by atoms with Crippen molar-refractivity contribution < 1.29 is 9.90 Å². The summed E-state index contributed by atoms with van der Waals surface area (Å²) in [7, 11) is 0. The summed E-state index contributed by atoms with van der Waals surface area (Å²) in [6.45, 7) is 9.81. The number of carbonyl (C=O) groups excluding carboxylic acids is 1. The van der Waals surface area contributed by atoms with Crippen molar-refractivity contribution in [3.05, 3.63) is 0 Å². The third-order valence-corrected chi connectivity index (χ3v) is 4.15. The molecule has 1 saturated heterocycles. The average molecular weight is 256 g/mol. The van der Waals surface area contributed by atoms with Crippen molar-refractivity contribution >= 4 is 5.91 Å². The molecule has 4 heteroatoms. The van der Waals surface area contributed by atoms with Crippen LogP contribution in [0.25, 0.3) is 0 Å². The minimum Gasteiger partial charge on any atom is -0.393 e. The van der Waals surface area contributed by atoms with Crippen LogP contribution < -0.4 is 5.32 Å². The molecule has 3 atom stereocenters. The zero-order valence-corrected chi connectivity index (χ0v) is 12.1. The van der Waals surface area contributed by atoms with E-state index in [9.17, 15) is 9.90 Å². The van der Waals surface area contributed by atoms with E-state index in [-0.39, 0.29) is 30.0 Å². The molecule has 1 fully saturated rings. The van der Waals surface area contributed by atoms with Gasteiger partial charge in [0.2, 0.25) is 5.91 Å². The van der Waals surface area contributed by atoms with Crippen LogP contribution in [0.5, 0.6) is 0 Å². The smallest absolute Gasteiger partial charge is 0.237 e. The molecule has 0 aromatic heterocycles. The predicted octanol–water partition coefficient (Wildman–Crippen LogP) is 1.38. The van der Waals surface area contributed by atoms with E-state index in [1.54, 1.807) is 0 Å². The molecule has 1 aliphatic heterocycles. The number of hydrogen-bond acceptors (Lipinski definition) is 3. The number of likely N-dealkylation sites (tertiary alicyclic amines) is 1. The number of nitrogens with zero attached hydrogens (tertiary/aromatic N) is 1. The predicted molar refractivity (Wildman–Crippen MR) is 73.3 cm³/mol. The Kier molecular flexibility index (Phi) is 6.09. The monoisotopic (exact) mass is 256 g/mol. The SMILES string of the molecule is CCC(CC)NC(=O)C(C)N1CCC(O)C(C)C1. The van der Waals surface area contributed by atoms with Gasteiger partial charge in [0.05, 0.1) is 12.1 Å². The lowest BCUT2D eigenvalue weighted by Gasteiger charge is -2.37. The summed E-state index contributed by atoms with van der Waals surface area (Å²) in [5, 5.41) is 12.8. The largest absolute Gasteiger partial charge is 0.393 e. The van der Waals surface area contributed by atoms with Gasteiger partial charge in [0, 0.05) is 19.1 Å². The van der Waals surface area contributed by atoms with Gasteiger partial charge < -0.3 is 10.4 Å². The molecule has 0 aliphatic carbocycles. The van der Waals surface area contributed by atoms with E-state index in [1.165, 1.54) is 0 Å². The van der Waals surface area contributed by atoms with Gasteiger partial charge in [-0.1, -0.05) is 20.8 Å². The van der Waals surface area contributed by atoms with Gasteiger partial charge in [0.25, 0.3) is 0 Å². The van der Waals surface area contributed by atoms with Gasteiger partial charge in [0.15, 0.2) is 0 Å². The van der Waals surface area contributed by atoms with Crippen molar-refractivity contribution in [2.45, 2.75) is 65.1 Å². The van der Waals surface area contributed by atoms with E-state index >= 15 is 0 Å². The van der Waals surface area contributed by atoms with Gasteiger partial charge >= 0.3 is 0 Å². The molecular formula is C14H28N2O2. The molecule has 1 aliphatic rings. The third-order valence-electron chi connectivity index (χ3n) is 4.15. The lowest BCUT2D eigenvalue weighted by molar-refractivity contribution is -0.128. The molecule has 0 aromatic carbocycles. The van der Waals surface area contributed by atoms with E-state index in [2.05, 4.69) is 24.1 Å². The Morgan fingerprint density at radius 3 is 2.56 bits per heavy atom. The topological polar surface area (TPSA) is 52.6 Å². The Labute approximate surface area is 111 Å². The molecule has 3 unspecified atom stereocenters. The molecule has 4 nitrogen and oxygen atoms in total. The molecule has 0 spiro atoms. The molecule has 18 heavy (non-hydrogen) atoms. The Balaban J connectivity index is 2.48. The molecule has 1 heterocycles. The highest BCUT2D eigenvalue weighted by Gasteiger charge is 2.30. The number of hydrogen-bond donors (Lipinski definition) is 2. The third kappa shape index (κ3) is 3.95. The van der Waals surface area contributed by atoms with Crippen molar-refractivity contribution in [2.75, 3.05) is 13.1 Å². The van der Waals surface area contributed by atoms with Crippen molar-refractivity contribution in [2.24, 2.45) is 5.92 Å². The number of nitrogens with one attached hydrogen (secondary N) is 1. The van der Waals surface area contributed by atoms with Crippen molar-refractivity contribution in [1.29, 1.82) is 0 Å². The second-order valence-electron chi connectivity index (χ2n) is 5.53. The van der Waals surface area contributed by atoms with E-state index in [1.807, 2.05) is 13.8 Å². The summed E-state index contributed by atoms with van der Waals surface area (Å²) >= 11 is 0. The Hall–Kier alpha value is -0.610. The summed E-state index contributed by atoms with van der Waals surface area (Å²) in [5.41, 5.74) is 0. The van der Waals surface area contributed by atoms with Crippen molar-refractivity contribution in [3.8, 4) is 0 Å². The molecule has 0 aromatic rings. The summed E-state index contributed by atoms with van der Waals surface area (Å²) in [4.78, 5) is 14.3. The second-order valence-corrected chi connectivity index (χ2v) is 5.53. The highest BCUT2D eigenvalue weighted by atomic mass is 16.3. The average Bonchev–Trinajstić information content (AvgIpc) is 2.38. The van der Waals surface area contributed by atoms with E-state index < -0.39 is 0 Å². The van der Waals surface area contributed by atoms with Crippen LogP contribution in [0, 0.1) is 5.92 Å². The molecule has 0 radical (unpaired) electrons. The summed E-state index contributed by atoms with van der Waals surface area (Å²) < 4.78 is 0. The van der Waals surface area contributed by atoms with Crippen LogP contribution >= 0.6 is 0 Å².